The van der Waals surface area contributed by atoms with E-state index < -0.39 is 0 Å². The Morgan fingerprint density at radius 1 is 1.06 bits per heavy atom. The van der Waals surface area contributed by atoms with Crippen LogP contribution in [0.15, 0.2) is 83.1 Å². The standard InChI is InChI=1S/C24H19ClFN5OS/c1-16-2-6-18(7-3-16)23-29-30-24(31(23)21-12-8-19(25)9-13-21)33-15-22(32)28-27-14-17-4-10-20(26)11-5-17/h2-14H,15H2,1H3,(H,28,32). The number of benzene rings is 3. The Morgan fingerprint density at radius 2 is 1.76 bits per heavy atom. The number of thioether (sulfide) groups is 1. The van der Waals surface area contributed by atoms with Crippen molar-refractivity contribution in [2.75, 3.05) is 5.75 Å². The van der Waals surface area contributed by atoms with Crippen LogP contribution in [-0.2, 0) is 4.79 Å². The molecule has 0 unspecified atom stereocenters. The Morgan fingerprint density at radius 3 is 2.45 bits per heavy atom. The zero-order chi connectivity index (χ0) is 23.2. The molecule has 1 N–H and O–H groups in total. The number of hydrazone groups is 1. The highest BCUT2D eigenvalue weighted by molar-refractivity contribution is 7.99. The fourth-order valence-electron chi connectivity index (χ4n) is 2.97. The van der Waals surface area contributed by atoms with Crippen LogP contribution in [-0.4, -0.2) is 32.6 Å². The quantitative estimate of drug-likeness (QED) is 0.222. The number of aromatic nitrogens is 3. The molecular weight excluding hydrogens is 461 g/mol. The number of halogens is 2. The number of rotatable bonds is 7. The van der Waals surface area contributed by atoms with E-state index in [1.54, 1.807) is 24.3 Å². The molecule has 0 atom stereocenters. The van der Waals surface area contributed by atoms with Crippen LogP contribution in [0.2, 0.25) is 5.02 Å². The van der Waals surface area contributed by atoms with Crippen LogP contribution in [0.3, 0.4) is 0 Å². The summed E-state index contributed by atoms with van der Waals surface area (Å²) in [5.41, 5.74) is 6.02. The minimum Gasteiger partial charge on any atom is -0.272 e. The molecule has 1 amide bonds. The minimum atomic E-state index is -0.331. The largest absolute Gasteiger partial charge is 0.272 e. The van der Waals surface area contributed by atoms with Crippen molar-refractivity contribution in [1.82, 2.24) is 20.2 Å². The summed E-state index contributed by atoms with van der Waals surface area (Å²) in [4.78, 5) is 12.3. The lowest BCUT2D eigenvalue weighted by molar-refractivity contribution is -0.118. The van der Waals surface area contributed by atoms with Gasteiger partial charge in [-0.2, -0.15) is 5.10 Å². The van der Waals surface area contributed by atoms with Crippen LogP contribution in [0.5, 0.6) is 0 Å². The number of hydrogen-bond acceptors (Lipinski definition) is 5. The van der Waals surface area contributed by atoms with Gasteiger partial charge < -0.3 is 0 Å². The molecule has 0 saturated carbocycles. The smallest absolute Gasteiger partial charge is 0.250 e. The Hall–Kier alpha value is -3.49. The van der Waals surface area contributed by atoms with Gasteiger partial charge in [-0.25, -0.2) is 9.82 Å². The van der Waals surface area contributed by atoms with Crippen molar-refractivity contribution in [1.29, 1.82) is 0 Å². The van der Waals surface area contributed by atoms with Crippen LogP contribution >= 0.6 is 23.4 Å². The summed E-state index contributed by atoms with van der Waals surface area (Å²) in [6.45, 7) is 2.02. The second kappa shape index (κ2) is 10.4. The number of aryl methyl sites for hydroxylation is 1. The van der Waals surface area contributed by atoms with E-state index in [4.69, 9.17) is 11.6 Å². The van der Waals surface area contributed by atoms with Crippen LogP contribution < -0.4 is 5.43 Å². The van der Waals surface area contributed by atoms with E-state index in [0.717, 1.165) is 16.8 Å². The zero-order valence-corrected chi connectivity index (χ0v) is 19.1. The third kappa shape index (κ3) is 5.85. The first-order valence-electron chi connectivity index (χ1n) is 9.98. The molecule has 166 valence electrons. The number of nitrogens with one attached hydrogen (secondary N) is 1. The molecule has 0 spiro atoms. The van der Waals surface area contributed by atoms with E-state index >= 15 is 0 Å². The van der Waals surface area contributed by atoms with Gasteiger partial charge in [-0.1, -0.05) is 65.3 Å². The van der Waals surface area contributed by atoms with Crippen LogP contribution in [0.4, 0.5) is 4.39 Å². The summed E-state index contributed by atoms with van der Waals surface area (Å²) in [7, 11) is 0. The molecule has 0 aliphatic carbocycles. The van der Waals surface area contributed by atoms with Crippen molar-refractivity contribution in [2.24, 2.45) is 5.10 Å². The summed E-state index contributed by atoms with van der Waals surface area (Å²) in [6, 6.07) is 21.1. The Kier molecular flexibility index (Phi) is 7.16. The first-order valence-corrected chi connectivity index (χ1v) is 11.3. The zero-order valence-electron chi connectivity index (χ0n) is 17.6. The number of nitrogens with zero attached hydrogens (tertiary/aromatic N) is 4. The highest BCUT2D eigenvalue weighted by Crippen LogP contribution is 2.28. The highest BCUT2D eigenvalue weighted by Gasteiger charge is 2.17. The first kappa shape index (κ1) is 22.7. The number of carbonyl (C=O) groups is 1. The third-order valence-electron chi connectivity index (χ3n) is 4.63. The maximum absolute atomic E-state index is 13.0. The summed E-state index contributed by atoms with van der Waals surface area (Å²) in [6.07, 6.45) is 1.45. The van der Waals surface area contributed by atoms with E-state index in [0.29, 0.717) is 21.6 Å². The minimum absolute atomic E-state index is 0.0837. The number of amides is 1. The van der Waals surface area contributed by atoms with E-state index in [1.807, 2.05) is 47.9 Å². The third-order valence-corrected chi connectivity index (χ3v) is 5.81. The fourth-order valence-corrected chi connectivity index (χ4v) is 3.84. The highest BCUT2D eigenvalue weighted by atomic mass is 35.5. The number of carbonyl (C=O) groups excluding carboxylic acids is 1. The molecule has 4 rings (SSSR count). The van der Waals surface area contributed by atoms with Crippen LogP contribution in [0.1, 0.15) is 11.1 Å². The second-order valence-electron chi connectivity index (χ2n) is 7.12. The molecule has 0 aliphatic heterocycles. The topological polar surface area (TPSA) is 72.2 Å². The maximum atomic E-state index is 13.0. The molecule has 4 aromatic rings. The van der Waals surface area contributed by atoms with Gasteiger partial charge in [-0.3, -0.25) is 9.36 Å². The molecule has 0 saturated heterocycles. The van der Waals surface area contributed by atoms with Crippen LogP contribution in [0.25, 0.3) is 17.1 Å². The van der Waals surface area contributed by atoms with Gasteiger partial charge in [0.2, 0.25) is 0 Å². The SMILES string of the molecule is Cc1ccc(-c2nnc(SCC(=O)NN=Cc3ccc(F)cc3)n2-c2ccc(Cl)cc2)cc1. The summed E-state index contributed by atoms with van der Waals surface area (Å²) in [5.74, 6) is 0.110. The first-order chi connectivity index (χ1) is 16.0. The Bertz CT molecular complexity index is 1270. The monoisotopic (exact) mass is 479 g/mol. The van der Waals surface area contributed by atoms with Crippen molar-refractivity contribution in [2.45, 2.75) is 12.1 Å². The molecular formula is C24H19ClFN5OS. The molecule has 6 nitrogen and oxygen atoms in total. The predicted octanol–water partition coefficient (Wildman–Crippen LogP) is 5.28. The summed E-state index contributed by atoms with van der Waals surface area (Å²) < 4.78 is 14.9. The molecule has 1 heterocycles. The van der Waals surface area contributed by atoms with Gasteiger partial charge >= 0.3 is 0 Å². The maximum Gasteiger partial charge on any atom is 0.250 e. The molecule has 33 heavy (non-hydrogen) atoms. The van der Waals surface area contributed by atoms with Gasteiger partial charge in [-0.05, 0) is 48.9 Å². The van der Waals surface area contributed by atoms with Crippen LogP contribution in [0, 0.1) is 12.7 Å². The second-order valence-corrected chi connectivity index (χ2v) is 8.50. The predicted molar refractivity (Wildman–Crippen MR) is 129 cm³/mol. The van der Waals surface area contributed by atoms with E-state index in [9.17, 15) is 9.18 Å². The van der Waals surface area contributed by atoms with Crippen molar-refractivity contribution in [3.63, 3.8) is 0 Å². The average Bonchev–Trinajstić information content (AvgIpc) is 3.24. The van der Waals surface area contributed by atoms with E-state index in [1.165, 1.54) is 30.1 Å². The van der Waals surface area contributed by atoms with Gasteiger partial charge in [0.15, 0.2) is 11.0 Å². The van der Waals surface area contributed by atoms with Crippen molar-refractivity contribution in [3.8, 4) is 17.1 Å². The van der Waals surface area contributed by atoms with Gasteiger partial charge in [0, 0.05) is 16.3 Å². The summed E-state index contributed by atoms with van der Waals surface area (Å²) in [5, 5.41) is 13.8. The van der Waals surface area contributed by atoms with Crippen molar-refractivity contribution in [3.05, 3.63) is 94.8 Å². The molecule has 1 aromatic heterocycles. The molecule has 0 aliphatic rings. The Labute approximate surface area is 199 Å². The average molecular weight is 480 g/mol. The molecule has 0 radical (unpaired) electrons. The van der Waals surface area contributed by atoms with E-state index in [2.05, 4.69) is 20.7 Å². The summed E-state index contributed by atoms with van der Waals surface area (Å²) >= 11 is 7.30. The lowest BCUT2D eigenvalue weighted by Gasteiger charge is -2.10. The molecule has 9 heteroatoms. The lowest BCUT2D eigenvalue weighted by atomic mass is 10.1. The molecule has 0 fully saturated rings. The number of hydrogen-bond donors (Lipinski definition) is 1. The van der Waals surface area contributed by atoms with Gasteiger partial charge in [-0.15, -0.1) is 10.2 Å². The lowest BCUT2D eigenvalue weighted by Crippen LogP contribution is -2.20. The van der Waals surface area contributed by atoms with Gasteiger partial charge in [0.05, 0.1) is 12.0 Å². The van der Waals surface area contributed by atoms with Crippen molar-refractivity contribution < 1.29 is 9.18 Å². The van der Waals surface area contributed by atoms with E-state index in [-0.39, 0.29) is 17.5 Å². The molecule has 0 bridgehead atoms. The molecule has 3 aromatic carbocycles. The van der Waals surface area contributed by atoms with Gasteiger partial charge in [0.25, 0.3) is 5.91 Å². The van der Waals surface area contributed by atoms with Gasteiger partial charge in [0.1, 0.15) is 5.82 Å². The fraction of sp³-hybridized carbons (Fsp3) is 0.0833. The normalized spacial score (nSPS) is 11.1. The van der Waals surface area contributed by atoms with Crippen molar-refractivity contribution >= 4 is 35.5 Å². The Balaban J connectivity index is 1.51.